The van der Waals surface area contributed by atoms with Crippen molar-refractivity contribution in [2.24, 2.45) is 0 Å². The number of halogens is 1. The van der Waals surface area contributed by atoms with Gasteiger partial charge in [0.25, 0.3) is 5.91 Å². The molecule has 2 aromatic rings. The Labute approximate surface area is 133 Å². The highest BCUT2D eigenvalue weighted by molar-refractivity contribution is 6.05. The molecule has 0 radical (unpaired) electrons. The number of hydrogen-bond acceptors (Lipinski definition) is 2. The van der Waals surface area contributed by atoms with Gasteiger partial charge in [0.15, 0.2) is 0 Å². The average molecular weight is 312 g/mol. The Balaban J connectivity index is 1.82. The van der Waals surface area contributed by atoms with Crippen LogP contribution in [0.2, 0.25) is 0 Å². The molecular formula is C18H17FN2O2. The molecule has 0 aliphatic carbocycles. The van der Waals surface area contributed by atoms with E-state index in [9.17, 15) is 14.0 Å². The summed E-state index contributed by atoms with van der Waals surface area (Å²) in [4.78, 5) is 25.9. The van der Waals surface area contributed by atoms with Gasteiger partial charge in [-0.1, -0.05) is 6.07 Å². The minimum absolute atomic E-state index is 0.107. The van der Waals surface area contributed by atoms with Gasteiger partial charge in [-0.15, -0.1) is 0 Å². The molecule has 1 heterocycles. The normalized spacial score (nSPS) is 14.2. The summed E-state index contributed by atoms with van der Waals surface area (Å²) in [5.74, 6) is -0.589. The molecule has 1 aliphatic rings. The lowest BCUT2D eigenvalue weighted by atomic mass is 10.1. The van der Waals surface area contributed by atoms with Crippen molar-refractivity contribution < 1.29 is 14.0 Å². The standard InChI is InChI=1S/C18H17FN2O2/c1-12-4-9-15(11-16(12)21-10-2-3-17(21)22)20-18(23)13-5-7-14(19)8-6-13/h4-9,11H,2-3,10H2,1H3,(H,20,23). The SMILES string of the molecule is Cc1ccc(NC(=O)c2ccc(F)cc2)cc1N1CCCC1=O. The molecule has 2 amide bonds. The van der Waals surface area contributed by atoms with Gasteiger partial charge in [-0.25, -0.2) is 4.39 Å². The Morgan fingerprint density at radius 3 is 2.57 bits per heavy atom. The first-order valence-electron chi connectivity index (χ1n) is 7.52. The fourth-order valence-electron chi connectivity index (χ4n) is 2.69. The molecule has 1 saturated heterocycles. The predicted octanol–water partition coefficient (Wildman–Crippen LogP) is 3.51. The molecule has 2 aromatic carbocycles. The monoisotopic (exact) mass is 312 g/mol. The van der Waals surface area contributed by atoms with Crippen molar-refractivity contribution in [2.45, 2.75) is 19.8 Å². The Hall–Kier alpha value is -2.69. The quantitative estimate of drug-likeness (QED) is 0.943. The molecule has 23 heavy (non-hydrogen) atoms. The highest BCUT2D eigenvalue weighted by Crippen LogP contribution is 2.28. The van der Waals surface area contributed by atoms with Crippen molar-refractivity contribution >= 4 is 23.2 Å². The highest BCUT2D eigenvalue weighted by atomic mass is 19.1. The largest absolute Gasteiger partial charge is 0.322 e. The van der Waals surface area contributed by atoms with Gasteiger partial charge in [-0.2, -0.15) is 0 Å². The Kier molecular flexibility index (Phi) is 4.10. The predicted molar refractivity (Wildman–Crippen MR) is 87.1 cm³/mol. The van der Waals surface area contributed by atoms with Crippen molar-refractivity contribution in [2.75, 3.05) is 16.8 Å². The molecule has 0 aromatic heterocycles. The molecule has 5 heteroatoms. The zero-order valence-electron chi connectivity index (χ0n) is 12.8. The lowest BCUT2D eigenvalue weighted by Gasteiger charge is -2.19. The van der Waals surface area contributed by atoms with Crippen molar-refractivity contribution in [3.8, 4) is 0 Å². The number of benzene rings is 2. The van der Waals surface area contributed by atoms with Crippen LogP contribution in [-0.2, 0) is 4.79 Å². The number of carbonyl (C=O) groups is 2. The molecule has 0 saturated carbocycles. The maximum Gasteiger partial charge on any atom is 0.255 e. The van der Waals surface area contributed by atoms with E-state index < -0.39 is 0 Å². The van der Waals surface area contributed by atoms with E-state index in [1.165, 1.54) is 24.3 Å². The van der Waals surface area contributed by atoms with Crippen LogP contribution < -0.4 is 10.2 Å². The first-order chi connectivity index (χ1) is 11.0. The molecule has 1 aliphatic heterocycles. The molecule has 1 N–H and O–H groups in total. The van der Waals surface area contributed by atoms with E-state index in [0.29, 0.717) is 24.2 Å². The van der Waals surface area contributed by atoms with Crippen LogP contribution in [-0.4, -0.2) is 18.4 Å². The average Bonchev–Trinajstić information content (AvgIpc) is 2.96. The van der Waals surface area contributed by atoms with E-state index in [-0.39, 0.29) is 17.6 Å². The van der Waals surface area contributed by atoms with Gasteiger partial charge >= 0.3 is 0 Å². The van der Waals surface area contributed by atoms with Gasteiger partial charge in [0.05, 0.1) is 0 Å². The minimum Gasteiger partial charge on any atom is -0.322 e. The van der Waals surface area contributed by atoms with Gasteiger partial charge in [-0.3, -0.25) is 9.59 Å². The third-order valence-electron chi connectivity index (χ3n) is 3.94. The number of rotatable bonds is 3. The van der Waals surface area contributed by atoms with Gasteiger partial charge in [0.2, 0.25) is 5.91 Å². The third kappa shape index (κ3) is 3.23. The number of anilines is 2. The Bertz CT molecular complexity index is 756. The van der Waals surface area contributed by atoms with Crippen molar-refractivity contribution in [3.05, 3.63) is 59.4 Å². The van der Waals surface area contributed by atoms with Crippen LogP contribution in [0, 0.1) is 12.7 Å². The summed E-state index contributed by atoms with van der Waals surface area (Å²) in [5, 5.41) is 2.78. The summed E-state index contributed by atoms with van der Waals surface area (Å²) in [6, 6.07) is 10.8. The van der Waals surface area contributed by atoms with Crippen molar-refractivity contribution in [1.29, 1.82) is 0 Å². The maximum atomic E-state index is 12.9. The zero-order valence-corrected chi connectivity index (χ0v) is 12.8. The molecule has 4 nitrogen and oxygen atoms in total. The number of nitrogens with one attached hydrogen (secondary N) is 1. The van der Waals surface area contributed by atoms with Gasteiger partial charge in [0, 0.05) is 29.9 Å². The molecular weight excluding hydrogens is 295 g/mol. The Morgan fingerprint density at radius 1 is 1.17 bits per heavy atom. The lowest BCUT2D eigenvalue weighted by molar-refractivity contribution is -0.117. The third-order valence-corrected chi connectivity index (χ3v) is 3.94. The van der Waals surface area contributed by atoms with E-state index in [1.807, 2.05) is 13.0 Å². The summed E-state index contributed by atoms with van der Waals surface area (Å²) >= 11 is 0. The van der Waals surface area contributed by atoms with E-state index in [4.69, 9.17) is 0 Å². The maximum absolute atomic E-state index is 12.9. The molecule has 0 unspecified atom stereocenters. The summed E-state index contributed by atoms with van der Waals surface area (Å²) in [6.07, 6.45) is 1.41. The molecule has 1 fully saturated rings. The Morgan fingerprint density at radius 2 is 1.91 bits per heavy atom. The van der Waals surface area contributed by atoms with Crippen LogP contribution in [0.15, 0.2) is 42.5 Å². The summed E-state index contributed by atoms with van der Waals surface area (Å²) < 4.78 is 12.9. The first-order valence-corrected chi connectivity index (χ1v) is 7.52. The smallest absolute Gasteiger partial charge is 0.255 e. The first kappa shape index (κ1) is 15.2. The van der Waals surface area contributed by atoms with Crippen molar-refractivity contribution in [3.63, 3.8) is 0 Å². The van der Waals surface area contributed by atoms with Gasteiger partial charge in [0.1, 0.15) is 5.82 Å². The fourth-order valence-corrected chi connectivity index (χ4v) is 2.69. The van der Waals surface area contributed by atoms with Crippen LogP contribution in [0.25, 0.3) is 0 Å². The molecule has 0 atom stereocenters. The summed E-state index contributed by atoms with van der Waals surface area (Å²) in [7, 11) is 0. The fraction of sp³-hybridized carbons (Fsp3) is 0.222. The molecule has 118 valence electrons. The highest BCUT2D eigenvalue weighted by Gasteiger charge is 2.23. The van der Waals surface area contributed by atoms with E-state index in [1.54, 1.807) is 17.0 Å². The van der Waals surface area contributed by atoms with Crippen LogP contribution in [0.4, 0.5) is 15.8 Å². The zero-order chi connectivity index (χ0) is 16.4. The van der Waals surface area contributed by atoms with Crippen LogP contribution in [0.5, 0.6) is 0 Å². The minimum atomic E-state index is -0.383. The van der Waals surface area contributed by atoms with E-state index in [0.717, 1.165) is 17.7 Å². The van der Waals surface area contributed by atoms with Crippen LogP contribution >= 0.6 is 0 Å². The molecule has 0 bridgehead atoms. The topological polar surface area (TPSA) is 49.4 Å². The second kappa shape index (κ2) is 6.20. The second-order valence-electron chi connectivity index (χ2n) is 5.61. The summed E-state index contributed by atoms with van der Waals surface area (Å²) in [6.45, 7) is 2.64. The molecule has 0 spiro atoms. The molecule has 3 rings (SSSR count). The van der Waals surface area contributed by atoms with Crippen LogP contribution in [0.3, 0.4) is 0 Å². The van der Waals surface area contributed by atoms with Crippen LogP contribution in [0.1, 0.15) is 28.8 Å². The lowest BCUT2D eigenvalue weighted by Crippen LogP contribution is -2.24. The van der Waals surface area contributed by atoms with Gasteiger partial charge < -0.3 is 10.2 Å². The van der Waals surface area contributed by atoms with Gasteiger partial charge in [-0.05, 0) is 55.3 Å². The number of hydrogen-bond donors (Lipinski definition) is 1. The van der Waals surface area contributed by atoms with E-state index >= 15 is 0 Å². The number of nitrogens with zero attached hydrogens (tertiary/aromatic N) is 1. The van der Waals surface area contributed by atoms with Crippen molar-refractivity contribution in [1.82, 2.24) is 0 Å². The summed E-state index contributed by atoms with van der Waals surface area (Å²) in [5.41, 5.74) is 2.80. The number of carbonyl (C=O) groups excluding carboxylic acids is 2. The number of aryl methyl sites for hydroxylation is 1. The number of amides is 2. The van der Waals surface area contributed by atoms with E-state index in [2.05, 4.69) is 5.32 Å². The second-order valence-corrected chi connectivity index (χ2v) is 5.61.